The van der Waals surface area contributed by atoms with Crippen LogP contribution in [0.5, 0.6) is 5.75 Å². The van der Waals surface area contributed by atoms with E-state index in [2.05, 4.69) is 15.9 Å². The predicted octanol–water partition coefficient (Wildman–Crippen LogP) is 2.14. The summed E-state index contributed by atoms with van der Waals surface area (Å²) in [5, 5.41) is 21.0. The number of anilines is 1. The van der Waals surface area contributed by atoms with Gasteiger partial charge in [0.2, 0.25) is 0 Å². The molecule has 0 amide bonds. The molecule has 0 aromatic heterocycles. The second-order valence-electron chi connectivity index (χ2n) is 4.76. The van der Waals surface area contributed by atoms with E-state index in [1.54, 1.807) is 13.8 Å². The predicted molar refractivity (Wildman–Crippen MR) is 69.9 cm³/mol. The van der Waals surface area contributed by atoms with Gasteiger partial charge in [-0.2, -0.15) is 0 Å². The van der Waals surface area contributed by atoms with Gasteiger partial charge in [0, 0.05) is 5.56 Å². The number of benzene rings is 1. The van der Waals surface area contributed by atoms with Crippen LogP contribution in [0.3, 0.4) is 0 Å². The van der Waals surface area contributed by atoms with Crippen LogP contribution in [0.15, 0.2) is 12.1 Å². The molecule has 0 saturated heterocycles. The molecule has 2 atom stereocenters. The number of hydrogen-bond donors (Lipinski definition) is 2. The first kappa shape index (κ1) is 13.1. The van der Waals surface area contributed by atoms with Gasteiger partial charge in [0.25, 0.3) is 5.69 Å². The molecule has 2 unspecified atom stereocenters. The monoisotopic (exact) mass is 316 g/mol. The Balaban J connectivity index is 2.58. The van der Waals surface area contributed by atoms with Gasteiger partial charge in [-0.15, -0.1) is 0 Å². The lowest BCUT2D eigenvalue weighted by molar-refractivity contribution is -0.384. The number of halogens is 1. The second kappa shape index (κ2) is 4.10. The lowest BCUT2D eigenvalue weighted by Gasteiger charge is -2.40. The molecule has 1 heterocycles. The zero-order chi connectivity index (χ0) is 13.7. The Morgan fingerprint density at radius 1 is 1.56 bits per heavy atom. The van der Waals surface area contributed by atoms with Gasteiger partial charge in [-0.25, -0.2) is 0 Å². The SMILES string of the molecule is CC1(C)Oc2cc([N+](=O)[O-])c(N)cc2C(O)C1Br. The number of hydrogen-bond acceptors (Lipinski definition) is 5. The minimum absolute atomic E-state index is 0.0146. The van der Waals surface area contributed by atoms with Gasteiger partial charge in [-0.05, 0) is 19.9 Å². The summed E-state index contributed by atoms with van der Waals surface area (Å²) in [6.45, 7) is 3.58. The molecule has 18 heavy (non-hydrogen) atoms. The highest BCUT2D eigenvalue weighted by Crippen LogP contribution is 2.45. The summed E-state index contributed by atoms with van der Waals surface area (Å²) in [7, 11) is 0. The van der Waals surface area contributed by atoms with E-state index in [1.165, 1.54) is 12.1 Å². The maximum Gasteiger partial charge on any atom is 0.295 e. The third-order valence-electron chi connectivity index (χ3n) is 2.99. The summed E-state index contributed by atoms with van der Waals surface area (Å²) in [6.07, 6.45) is -0.827. The van der Waals surface area contributed by atoms with Crippen molar-refractivity contribution >= 4 is 27.3 Å². The van der Waals surface area contributed by atoms with Crippen molar-refractivity contribution in [1.29, 1.82) is 0 Å². The molecule has 0 spiro atoms. The van der Waals surface area contributed by atoms with Crippen LogP contribution in [0.25, 0.3) is 0 Å². The maximum atomic E-state index is 10.8. The molecule has 2 rings (SSSR count). The summed E-state index contributed by atoms with van der Waals surface area (Å²) in [4.78, 5) is 9.92. The summed E-state index contributed by atoms with van der Waals surface area (Å²) >= 11 is 3.37. The number of aliphatic hydroxyl groups is 1. The highest BCUT2D eigenvalue weighted by molar-refractivity contribution is 9.09. The lowest BCUT2D eigenvalue weighted by Crippen LogP contribution is -2.45. The van der Waals surface area contributed by atoms with Gasteiger partial charge in [-0.1, -0.05) is 15.9 Å². The number of nitrogens with two attached hydrogens (primary N) is 1. The Hall–Kier alpha value is -1.34. The van der Waals surface area contributed by atoms with E-state index in [0.29, 0.717) is 11.3 Å². The molecule has 98 valence electrons. The number of alkyl halides is 1. The van der Waals surface area contributed by atoms with Crippen molar-refractivity contribution in [3.05, 3.63) is 27.8 Å². The van der Waals surface area contributed by atoms with E-state index >= 15 is 0 Å². The molecule has 0 fully saturated rings. The molecule has 1 aromatic rings. The van der Waals surface area contributed by atoms with Crippen molar-refractivity contribution in [2.75, 3.05) is 5.73 Å². The first-order valence-electron chi connectivity index (χ1n) is 5.33. The van der Waals surface area contributed by atoms with Crippen LogP contribution in [0, 0.1) is 10.1 Å². The summed E-state index contributed by atoms with van der Waals surface area (Å²) in [5.74, 6) is 0.295. The van der Waals surface area contributed by atoms with Gasteiger partial charge < -0.3 is 15.6 Å². The number of fused-ring (bicyclic) bond motifs is 1. The fourth-order valence-electron chi connectivity index (χ4n) is 1.96. The van der Waals surface area contributed by atoms with Crippen LogP contribution >= 0.6 is 15.9 Å². The Morgan fingerprint density at radius 3 is 2.72 bits per heavy atom. The highest BCUT2D eigenvalue weighted by atomic mass is 79.9. The van der Waals surface area contributed by atoms with Crippen molar-refractivity contribution in [3.63, 3.8) is 0 Å². The fraction of sp³-hybridized carbons (Fsp3) is 0.455. The average Bonchev–Trinajstić information content (AvgIpc) is 2.26. The molecule has 0 aliphatic carbocycles. The number of rotatable bonds is 1. The minimum atomic E-state index is -0.827. The zero-order valence-corrected chi connectivity index (χ0v) is 11.5. The van der Waals surface area contributed by atoms with Crippen LogP contribution in [0.4, 0.5) is 11.4 Å². The van der Waals surface area contributed by atoms with Gasteiger partial charge in [0.15, 0.2) is 0 Å². The summed E-state index contributed by atoms with van der Waals surface area (Å²) in [5.41, 5.74) is 5.18. The van der Waals surface area contributed by atoms with Crippen molar-refractivity contribution in [3.8, 4) is 5.75 Å². The Labute approximate surface area is 112 Å². The first-order chi connectivity index (χ1) is 8.24. The second-order valence-corrected chi connectivity index (χ2v) is 5.74. The molecule has 0 radical (unpaired) electrons. The number of nitro groups is 1. The normalized spacial score (nSPS) is 25.1. The number of nitro benzene ring substituents is 1. The quantitative estimate of drug-likeness (QED) is 0.358. The topological polar surface area (TPSA) is 98.6 Å². The summed E-state index contributed by atoms with van der Waals surface area (Å²) < 4.78 is 5.68. The van der Waals surface area contributed by atoms with Gasteiger partial charge in [0.05, 0.1) is 21.9 Å². The standard InChI is InChI=1S/C11H13BrN2O4/c1-11(2)10(12)9(15)5-3-6(13)7(14(16)17)4-8(5)18-11/h3-4,9-10,15H,13H2,1-2H3. The van der Waals surface area contributed by atoms with E-state index in [1.807, 2.05) is 0 Å². The van der Waals surface area contributed by atoms with Crippen molar-refractivity contribution in [1.82, 2.24) is 0 Å². The molecular formula is C11H13BrN2O4. The van der Waals surface area contributed by atoms with E-state index in [9.17, 15) is 15.2 Å². The summed E-state index contributed by atoms with van der Waals surface area (Å²) in [6, 6.07) is 2.65. The molecule has 1 aliphatic heterocycles. The maximum absolute atomic E-state index is 10.8. The van der Waals surface area contributed by atoms with Crippen molar-refractivity contribution in [2.45, 2.75) is 30.4 Å². The fourth-order valence-corrected chi connectivity index (χ4v) is 2.34. The lowest BCUT2D eigenvalue weighted by atomic mass is 9.91. The van der Waals surface area contributed by atoms with Gasteiger partial charge >= 0.3 is 0 Å². The molecular weight excluding hydrogens is 304 g/mol. The molecule has 1 aliphatic rings. The molecule has 7 heteroatoms. The smallest absolute Gasteiger partial charge is 0.295 e. The number of nitrogens with zero attached hydrogens (tertiary/aromatic N) is 1. The number of nitrogen functional groups attached to an aromatic ring is 1. The molecule has 1 aromatic carbocycles. The molecule has 0 bridgehead atoms. The molecule has 6 nitrogen and oxygen atoms in total. The largest absolute Gasteiger partial charge is 0.486 e. The van der Waals surface area contributed by atoms with Gasteiger partial charge in [-0.3, -0.25) is 10.1 Å². The molecule has 3 N–H and O–H groups in total. The van der Waals surface area contributed by atoms with Crippen LogP contribution < -0.4 is 10.5 Å². The Kier molecular flexibility index (Phi) is 2.98. The Bertz CT molecular complexity index is 518. The van der Waals surface area contributed by atoms with E-state index in [-0.39, 0.29) is 16.2 Å². The first-order valence-corrected chi connectivity index (χ1v) is 6.24. The molecule has 0 saturated carbocycles. The van der Waals surface area contributed by atoms with Crippen LogP contribution in [0.2, 0.25) is 0 Å². The average molecular weight is 317 g/mol. The van der Waals surface area contributed by atoms with Crippen LogP contribution in [-0.4, -0.2) is 20.5 Å². The third-order valence-corrected chi connectivity index (χ3v) is 4.59. The minimum Gasteiger partial charge on any atom is -0.486 e. The van der Waals surface area contributed by atoms with Crippen molar-refractivity contribution < 1.29 is 14.8 Å². The number of ether oxygens (including phenoxy) is 1. The number of aliphatic hydroxyl groups excluding tert-OH is 1. The van der Waals surface area contributed by atoms with Crippen LogP contribution in [0.1, 0.15) is 25.5 Å². The van der Waals surface area contributed by atoms with Crippen LogP contribution in [-0.2, 0) is 0 Å². The highest BCUT2D eigenvalue weighted by Gasteiger charge is 2.42. The van der Waals surface area contributed by atoms with Gasteiger partial charge in [0.1, 0.15) is 17.0 Å². The Morgan fingerprint density at radius 2 is 2.17 bits per heavy atom. The third kappa shape index (κ3) is 1.93. The van der Waals surface area contributed by atoms with E-state index < -0.39 is 16.6 Å². The zero-order valence-electron chi connectivity index (χ0n) is 9.88. The van der Waals surface area contributed by atoms with E-state index in [4.69, 9.17) is 10.5 Å². The van der Waals surface area contributed by atoms with Crippen molar-refractivity contribution in [2.24, 2.45) is 0 Å². The van der Waals surface area contributed by atoms with E-state index in [0.717, 1.165) is 0 Å².